The zero-order valence-electron chi connectivity index (χ0n) is 15.7. The largest absolute Gasteiger partial charge is 0.497 e. The standard InChI is InChI=1S/C19H18N6O2S2/c1-27-13-8-6-12(7-9-13)25-19(22-23-24-25)28-11-17(26)21-18-15(10-20)14-4-2-3-5-16(14)29-18/h6-9H,2-5,11H2,1H3,(H,21,26). The molecule has 0 atom stereocenters. The van der Waals surface area contributed by atoms with Gasteiger partial charge in [-0.3, -0.25) is 4.79 Å². The molecule has 0 spiro atoms. The van der Waals surface area contributed by atoms with E-state index in [1.807, 2.05) is 24.3 Å². The van der Waals surface area contributed by atoms with Gasteiger partial charge in [0.1, 0.15) is 16.8 Å². The second kappa shape index (κ2) is 8.63. The summed E-state index contributed by atoms with van der Waals surface area (Å²) in [6.07, 6.45) is 4.12. The fourth-order valence-electron chi connectivity index (χ4n) is 3.22. The number of thioether (sulfide) groups is 1. The molecule has 0 saturated heterocycles. The summed E-state index contributed by atoms with van der Waals surface area (Å²) in [7, 11) is 1.60. The second-order valence-electron chi connectivity index (χ2n) is 6.43. The van der Waals surface area contributed by atoms with Crippen LogP contribution in [0.25, 0.3) is 5.69 Å². The van der Waals surface area contributed by atoms with Crippen LogP contribution in [0.4, 0.5) is 5.00 Å². The van der Waals surface area contributed by atoms with E-state index in [0.717, 1.165) is 42.7 Å². The van der Waals surface area contributed by atoms with Gasteiger partial charge in [-0.15, -0.1) is 16.4 Å². The highest BCUT2D eigenvalue weighted by Gasteiger charge is 2.22. The first kappa shape index (κ1) is 19.4. The number of hydrogen-bond donors (Lipinski definition) is 1. The molecule has 0 radical (unpaired) electrons. The fraction of sp³-hybridized carbons (Fsp3) is 0.316. The van der Waals surface area contributed by atoms with Gasteiger partial charge in [-0.2, -0.15) is 9.94 Å². The average Bonchev–Trinajstić information content (AvgIpc) is 3.36. The van der Waals surface area contributed by atoms with E-state index in [9.17, 15) is 10.1 Å². The number of tetrazole rings is 1. The molecule has 148 valence electrons. The quantitative estimate of drug-likeness (QED) is 0.603. The molecule has 0 fully saturated rings. The number of nitrogens with one attached hydrogen (secondary N) is 1. The molecule has 4 rings (SSSR count). The smallest absolute Gasteiger partial charge is 0.235 e. The van der Waals surface area contributed by atoms with Crippen LogP contribution in [0, 0.1) is 11.3 Å². The summed E-state index contributed by atoms with van der Waals surface area (Å²) in [6.45, 7) is 0. The van der Waals surface area contributed by atoms with E-state index in [4.69, 9.17) is 4.74 Å². The van der Waals surface area contributed by atoms with E-state index < -0.39 is 0 Å². The van der Waals surface area contributed by atoms with E-state index in [2.05, 4.69) is 26.9 Å². The number of aromatic nitrogens is 4. The van der Waals surface area contributed by atoms with Crippen molar-refractivity contribution in [3.05, 3.63) is 40.3 Å². The molecule has 0 saturated carbocycles. The minimum atomic E-state index is -0.186. The molecular weight excluding hydrogens is 408 g/mol. The van der Waals surface area contributed by atoms with Gasteiger partial charge in [-0.1, -0.05) is 11.8 Å². The first-order valence-corrected chi connectivity index (χ1v) is 10.9. The van der Waals surface area contributed by atoms with Crippen molar-refractivity contribution in [2.75, 3.05) is 18.2 Å². The lowest BCUT2D eigenvalue weighted by Gasteiger charge is -2.09. The number of amides is 1. The number of aryl methyl sites for hydroxylation is 1. The maximum atomic E-state index is 12.5. The Morgan fingerprint density at radius 2 is 2.14 bits per heavy atom. The third-order valence-electron chi connectivity index (χ3n) is 4.63. The monoisotopic (exact) mass is 426 g/mol. The van der Waals surface area contributed by atoms with Crippen LogP contribution in [0.3, 0.4) is 0 Å². The van der Waals surface area contributed by atoms with Crippen molar-refractivity contribution in [3.63, 3.8) is 0 Å². The Hall–Kier alpha value is -2.90. The predicted molar refractivity (Wildman–Crippen MR) is 111 cm³/mol. The van der Waals surface area contributed by atoms with E-state index in [1.165, 1.54) is 28.0 Å². The van der Waals surface area contributed by atoms with Crippen LogP contribution in [0.15, 0.2) is 29.4 Å². The number of thiophene rings is 1. The minimum Gasteiger partial charge on any atom is -0.497 e. The van der Waals surface area contributed by atoms with Gasteiger partial charge in [-0.25, -0.2) is 0 Å². The maximum Gasteiger partial charge on any atom is 0.235 e. The van der Waals surface area contributed by atoms with Crippen molar-refractivity contribution in [1.29, 1.82) is 5.26 Å². The molecule has 1 aromatic carbocycles. The number of nitriles is 1. The Morgan fingerprint density at radius 1 is 1.34 bits per heavy atom. The third-order valence-corrected chi connectivity index (χ3v) is 6.75. The molecule has 3 aromatic rings. The molecule has 1 aliphatic rings. The highest BCUT2D eigenvalue weighted by Crippen LogP contribution is 2.37. The first-order chi connectivity index (χ1) is 14.2. The number of methoxy groups -OCH3 is 1. The topological polar surface area (TPSA) is 106 Å². The number of carbonyl (C=O) groups excluding carboxylic acids is 1. The molecule has 8 nitrogen and oxygen atoms in total. The highest BCUT2D eigenvalue weighted by molar-refractivity contribution is 7.99. The van der Waals surface area contributed by atoms with Crippen molar-refractivity contribution in [2.24, 2.45) is 0 Å². The minimum absolute atomic E-state index is 0.143. The molecule has 29 heavy (non-hydrogen) atoms. The summed E-state index contributed by atoms with van der Waals surface area (Å²) in [5.74, 6) is 0.695. The van der Waals surface area contributed by atoms with Gasteiger partial charge in [0.2, 0.25) is 11.1 Å². The molecule has 0 unspecified atom stereocenters. The Bertz CT molecular complexity index is 1070. The number of benzene rings is 1. The van der Waals surface area contributed by atoms with Gasteiger partial charge < -0.3 is 10.1 Å². The molecule has 2 aromatic heterocycles. The lowest BCUT2D eigenvalue weighted by Crippen LogP contribution is -2.14. The third kappa shape index (κ3) is 4.11. The number of nitrogens with zero attached hydrogens (tertiary/aromatic N) is 5. The average molecular weight is 427 g/mol. The fourth-order valence-corrected chi connectivity index (χ4v) is 5.17. The number of fused-ring (bicyclic) bond motifs is 1. The maximum absolute atomic E-state index is 12.5. The van der Waals surface area contributed by atoms with Crippen LogP contribution in [0.2, 0.25) is 0 Å². The number of anilines is 1. The lowest BCUT2D eigenvalue weighted by molar-refractivity contribution is -0.113. The molecule has 10 heteroatoms. The van der Waals surface area contributed by atoms with E-state index in [-0.39, 0.29) is 11.7 Å². The zero-order valence-corrected chi connectivity index (χ0v) is 17.3. The summed E-state index contributed by atoms with van der Waals surface area (Å²) in [5, 5.41) is 25.3. The van der Waals surface area contributed by atoms with Crippen molar-refractivity contribution in [1.82, 2.24) is 20.2 Å². The lowest BCUT2D eigenvalue weighted by atomic mass is 9.96. The van der Waals surface area contributed by atoms with Crippen LogP contribution in [-0.4, -0.2) is 39.0 Å². The summed E-state index contributed by atoms with van der Waals surface area (Å²) < 4.78 is 6.73. The zero-order chi connectivity index (χ0) is 20.2. The molecule has 0 aliphatic heterocycles. The van der Waals surface area contributed by atoms with Gasteiger partial charge in [0.25, 0.3) is 0 Å². The van der Waals surface area contributed by atoms with Crippen molar-refractivity contribution in [2.45, 2.75) is 30.8 Å². The van der Waals surface area contributed by atoms with Crippen LogP contribution >= 0.6 is 23.1 Å². The van der Waals surface area contributed by atoms with Crippen LogP contribution < -0.4 is 10.1 Å². The molecule has 0 bridgehead atoms. The van der Waals surface area contributed by atoms with Gasteiger partial charge in [0.05, 0.1) is 24.1 Å². The molecule has 1 N–H and O–H groups in total. The summed E-state index contributed by atoms with van der Waals surface area (Å²) in [5.41, 5.74) is 2.50. The van der Waals surface area contributed by atoms with Gasteiger partial charge in [0, 0.05) is 4.88 Å². The summed E-state index contributed by atoms with van der Waals surface area (Å²) >= 11 is 2.76. The van der Waals surface area contributed by atoms with Crippen LogP contribution in [0.5, 0.6) is 5.75 Å². The van der Waals surface area contributed by atoms with E-state index in [1.54, 1.807) is 11.8 Å². The van der Waals surface area contributed by atoms with Crippen LogP contribution in [0.1, 0.15) is 28.8 Å². The molecule has 1 aliphatic carbocycles. The van der Waals surface area contributed by atoms with Crippen LogP contribution in [-0.2, 0) is 17.6 Å². The Labute approximate surface area is 175 Å². The number of carbonyl (C=O) groups is 1. The Kier molecular flexibility index (Phi) is 5.78. The van der Waals surface area contributed by atoms with E-state index >= 15 is 0 Å². The molecular formula is C19H18N6O2S2. The Balaban J connectivity index is 1.43. The van der Waals surface area contributed by atoms with Gasteiger partial charge in [-0.05, 0) is 65.9 Å². The van der Waals surface area contributed by atoms with Gasteiger partial charge >= 0.3 is 0 Å². The van der Waals surface area contributed by atoms with E-state index in [0.29, 0.717) is 15.7 Å². The second-order valence-corrected chi connectivity index (χ2v) is 8.48. The predicted octanol–water partition coefficient (Wildman–Crippen LogP) is 3.21. The molecule has 1 amide bonds. The molecule has 2 heterocycles. The highest BCUT2D eigenvalue weighted by atomic mass is 32.2. The van der Waals surface area contributed by atoms with Crippen molar-refractivity contribution in [3.8, 4) is 17.5 Å². The Morgan fingerprint density at radius 3 is 2.90 bits per heavy atom. The van der Waals surface area contributed by atoms with Crippen molar-refractivity contribution < 1.29 is 9.53 Å². The number of hydrogen-bond acceptors (Lipinski definition) is 8. The number of ether oxygens (including phenoxy) is 1. The first-order valence-electron chi connectivity index (χ1n) is 9.09. The summed E-state index contributed by atoms with van der Waals surface area (Å²) in [4.78, 5) is 13.7. The van der Waals surface area contributed by atoms with Crippen molar-refractivity contribution >= 4 is 34.0 Å². The SMILES string of the molecule is COc1ccc(-n2nnnc2SCC(=O)Nc2sc3c(c2C#N)CCCC3)cc1. The van der Waals surface area contributed by atoms with Gasteiger partial charge in [0.15, 0.2) is 0 Å². The summed E-state index contributed by atoms with van der Waals surface area (Å²) in [6, 6.07) is 9.58. The normalized spacial score (nSPS) is 12.8. The number of rotatable bonds is 6.